The monoisotopic (exact) mass is 338 g/mol. The molecule has 0 spiro atoms. The molecule has 14 heavy (non-hydrogen) atoms. The minimum absolute atomic E-state index is 0.582. The third-order valence-corrected chi connectivity index (χ3v) is 4.36. The van der Waals surface area contributed by atoms with E-state index in [1.807, 2.05) is 0 Å². The second-order valence-electron chi connectivity index (χ2n) is 2.87. The van der Waals surface area contributed by atoms with Crippen molar-refractivity contribution in [1.82, 2.24) is 0 Å². The van der Waals surface area contributed by atoms with Gasteiger partial charge in [0.15, 0.2) is 0 Å². The van der Waals surface area contributed by atoms with Gasteiger partial charge in [-0.15, -0.1) is 22.9 Å². The summed E-state index contributed by atoms with van der Waals surface area (Å²) < 4.78 is 7.67. The number of ether oxygens (including phenoxy) is 1. The number of rotatable bonds is 2. The Labute approximate surface area is 105 Å². The minimum Gasteiger partial charge on any atom is -0.496 e. The molecule has 0 saturated heterocycles. The molecule has 0 bridgehead atoms. The Hall–Kier alpha value is -0.000000000000000111. The van der Waals surface area contributed by atoms with Gasteiger partial charge in [0, 0.05) is 9.58 Å². The normalized spacial score (nSPS) is 10.8. The highest BCUT2D eigenvalue weighted by molar-refractivity contribution is 14.1. The third kappa shape index (κ3) is 1.85. The zero-order valence-corrected chi connectivity index (χ0v) is 11.2. The summed E-state index contributed by atoms with van der Waals surface area (Å²) in [5, 5.41) is 1.21. The molecule has 0 aliphatic heterocycles. The van der Waals surface area contributed by atoms with E-state index in [2.05, 4.69) is 40.8 Å². The predicted molar refractivity (Wildman–Crippen MR) is 70.7 cm³/mol. The average molecular weight is 339 g/mol. The first-order valence-corrected chi connectivity index (χ1v) is 6.49. The topological polar surface area (TPSA) is 9.23 Å². The number of methoxy groups -OCH3 is 1. The lowest BCUT2D eigenvalue weighted by Gasteiger charge is -2.01. The van der Waals surface area contributed by atoms with Crippen LogP contribution in [0.3, 0.4) is 0 Å². The van der Waals surface area contributed by atoms with Crippen LogP contribution >= 0.6 is 45.5 Å². The quantitative estimate of drug-likeness (QED) is 0.587. The average Bonchev–Trinajstić information content (AvgIpc) is 2.58. The zero-order valence-electron chi connectivity index (χ0n) is 7.51. The number of hydrogen-bond donors (Lipinski definition) is 0. The molecule has 0 aliphatic carbocycles. The first-order chi connectivity index (χ1) is 6.74. The maximum Gasteiger partial charge on any atom is 0.132 e. The van der Waals surface area contributed by atoms with Crippen LogP contribution in [0.2, 0.25) is 0 Å². The van der Waals surface area contributed by atoms with E-state index in [4.69, 9.17) is 16.3 Å². The first kappa shape index (κ1) is 10.5. The van der Waals surface area contributed by atoms with Crippen molar-refractivity contribution in [1.29, 1.82) is 0 Å². The summed E-state index contributed by atoms with van der Waals surface area (Å²) in [6, 6.07) is 6.31. The van der Waals surface area contributed by atoms with E-state index in [-0.39, 0.29) is 0 Å². The van der Waals surface area contributed by atoms with E-state index in [9.17, 15) is 0 Å². The van der Waals surface area contributed by atoms with Crippen molar-refractivity contribution >= 4 is 55.6 Å². The minimum atomic E-state index is 0.582. The van der Waals surface area contributed by atoms with Gasteiger partial charge in [0.05, 0.1) is 16.6 Å². The van der Waals surface area contributed by atoms with Crippen molar-refractivity contribution in [2.75, 3.05) is 7.11 Å². The molecular formula is C10H8ClIOS. The molecule has 2 aromatic rings. The van der Waals surface area contributed by atoms with Gasteiger partial charge in [-0.2, -0.15) is 0 Å². The Balaban J connectivity index is 2.64. The maximum atomic E-state index is 5.79. The van der Waals surface area contributed by atoms with Crippen LogP contribution in [0, 0.1) is 3.57 Å². The third-order valence-electron chi connectivity index (χ3n) is 1.97. The number of alkyl halides is 1. The van der Waals surface area contributed by atoms with Gasteiger partial charge in [-0.3, -0.25) is 0 Å². The summed E-state index contributed by atoms with van der Waals surface area (Å²) >= 11 is 9.81. The van der Waals surface area contributed by atoms with Crippen LogP contribution in [0.25, 0.3) is 10.1 Å². The number of hydrogen-bond acceptors (Lipinski definition) is 2. The summed E-state index contributed by atoms with van der Waals surface area (Å²) in [6.07, 6.45) is 0. The molecule has 0 aliphatic rings. The number of fused-ring (bicyclic) bond motifs is 1. The van der Waals surface area contributed by atoms with Crippen LogP contribution in [-0.4, -0.2) is 7.11 Å². The molecule has 2 rings (SSSR count). The Bertz CT molecular complexity index is 466. The van der Waals surface area contributed by atoms with Gasteiger partial charge in [0.1, 0.15) is 5.75 Å². The highest BCUT2D eigenvalue weighted by atomic mass is 127. The molecule has 1 heterocycles. The van der Waals surface area contributed by atoms with Crippen LogP contribution < -0.4 is 4.74 Å². The molecule has 1 aromatic heterocycles. The van der Waals surface area contributed by atoms with Crippen LogP contribution in [0.5, 0.6) is 5.75 Å². The van der Waals surface area contributed by atoms with E-state index in [1.54, 1.807) is 18.4 Å². The standard InChI is InChI=1S/C10H8ClIOS/c1-13-9-3-6-2-7(5-11)14-10(6)4-8(9)12/h2-4H,5H2,1H3. The van der Waals surface area contributed by atoms with Crippen LogP contribution in [0.1, 0.15) is 4.88 Å². The van der Waals surface area contributed by atoms with Gasteiger partial charge in [0.25, 0.3) is 0 Å². The SMILES string of the molecule is COc1cc2cc(CCl)sc2cc1I. The molecule has 74 valence electrons. The van der Waals surface area contributed by atoms with Gasteiger partial charge in [-0.25, -0.2) is 0 Å². The highest BCUT2D eigenvalue weighted by Gasteiger charge is 2.06. The lowest BCUT2D eigenvalue weighted by Crippen LogP contribution is -1.85. The molecule has 1 aromatic carbocycles. The fourth-order valence-corrected chi connectivity index (χ4v) is 3.39. The molecular weight excluding hydrogens is 331 g/mol. The van der Waals surface area contributed by atoms with Gasteiger partial charge >= 0.3 is 0 Å². The van der Waals surface area contributed by atoms with Crippen LogP contribution in [0.15, 0.2) is 18.2 Å². The Kier molecular flexibility index (Phi) is 3.19. The highest BCUT2D eigenvalue weighted by Crippen LogP contribution is 2.33. The van der Waals surface area contributed by atoms with Crippen molar-refractivity contribution in [2.45, 2.75) is 5.88 Å². The molecule has 1 nitrogen and oxygen atoms in total. The predicted octanol–water partition coefficient (Wildman–Crippen LogP) is 4.25. The van der Waals surface area contributed by atoms with E-state index in [0.29, 0.717) is 5.88 Å². The Morgan fingerprint density at radius 2 is 2.21 bits per heavy atom. The first-order valence-electron chi connectivity index (χ1n) is 4.06. The summed E-state index contributed by atoms with van der Waals surface area (Å²) in [5.74, 6) is 1.51. The zero-order chi connectivity index (χ0) is 10.1. The second-order valence-corrected chi connectivity index (χ2v) is 5.47. The molecule has 0 atom stereocenters. The van der Waals surface area contributed by atoms with E-state index in [0.717, 1.165) is 9.32 Å². The van der Waals surface area contributed by atoms with Crippen molar-refractivity contribution < 1.29 is 4.74 Å². The van der Waals surface area contributed by atoms with E-state index < -0.39 is 0 Å². The molecule has 0 amide bonds. The fourth-order valence-electron chi connectivity index (χ4n) is 1.32. The number of thiophene rings is 1. The summed E-state index contributed by atoms with van der Waals surface area (Å²) in [7, 11) is 1.69. The van der Waals surface area contributed by atoms with Gasteiger partial charge in [-0.1, -0.05) is 0 Å². The van der Waals surface area contributed by atoms with Gasteiger partial charge in [0.2, 0.25) is 0 Å². The number of benzene rings is 1. The lowest BCUT2D eigenvalue weighted by atomic mass is 10.2. The molecule has 0 saturated carbocycles. The largest absolute Gasteiger partial charge is 0.496 e. The van der Waals surface area contributed by atoms with Crippen molar-refractivity contribution in [3.63, 3.8) is 0 Å². The van der Waals surface area contributed by atoms with E-state index >= 15 is 0 Å². The second kappa shape index (κ2) is 4.24. The van der Waals surface area contributed by atoms with E-state index in [1.165, 1.54) is 15.0 Å². The summed E-state index contributed by atoms with van der Waals surface area (Å²) in [6.45, 7) is 0. The maximum absolute atomic E-state index is 5.79. The van der Waals surface area contributed by atoms with Gasteiger partial charge in [-0.05, 0) is 46.2 Å². The Morgan fingerprint density at radius 1 is 1.43 bits per heavy atom. The molecule has 0 N–H and O–H groups in total. The molecule has 0 radical (unpaired) electrons. The smallest absolute Gasteiger partial charge is 0.132 e. The van der Waals surface area contributed by atoms with Crippen molar-refractivity contribution in [3.05, 3.63) is 26.6 Å². The molecule has 0 unspecified atom stereocenters. The number of halogens is 2. The molecule has 4 heteroatoms. The summed E-state index contributed by atoms with van der Waals surface area (Å²) in [5.41, 5.74) is 0. The Morgan fingerprint density at radius 3 is 2.86 bits per heavy atom. The molecule has 0 fully saturated rings. The van der Waals surface area contributed by atoms with Crippen LogP contribution in [-0.2, 0) is 5.88 Å². The summed E-state index contributed by atoms with van der Waals surface area (Å²) in [4.78, 5) is 1.20. The van der Waals surface area contributed by atoms with Crippen molar-refractivity contribution in [3.8, 4) is 5.75 Å². The van der Waals surface area contributed by atoms with Crippen molar-refractivity contribution in [2.24, 2.45) is 0 Å². The fraction of sp³-hybridized carbons (Fsp3) is 0.200. The van der Waals surface area contributed by atoms with Crippen LogP contribution in [0.4, 0.5) is 0 Å². The lowest BCUT2D eigenvalue weighted by molar-refractivity contribution is 0.412. The van der Waals surface area contributed by atoms with Gasteiger partial charge < -0.3 is 4.74 Å².